The highest BCUT2D eigenvalue weighted by atomic mass is 35.5. The quantitative estimate of drug-likeness (QED) is 0.757. The van der Waals surface area contributed by atoms with Gasteiger partial charge in [0.05, 0.1) is 28.9 Å². The van der Waals surface area contributed by atoms with Gasteiger partial charge in [-0.05, 0) is 36.4 Å². The summed E-state index contributed by atoms with van der Waals surface area (Å²) >= 11 is 11.9. The third-order valence-corrected chi connectivity index (χ3v) is 5.82. The van der Waals surface area contributed by atoms with Gasteiger partial charge in [0, 0.05) is 37.4 Å². The maximum atomic E-state index is 12.6. The van der Waals surface area contributed by atoms with E-state index in [1.54, 1.807) is 35.2 Å². The minimum absolute atomic E-state index is 0.00505. The molecule has 7 nitrogen and oxygen atoms in total. The second-order valence-electron chi connectivity index (χ2n) is 7.05. The molecule has 1 fully saturated rings. The first-order chi connectivity index (χ1) is 14.5. The number of amides is 2. The van der Waals surface area contributed by atoms with Gasteiger partial charge >= 0.3 is 0 Å². The summed E-state index contributed by atoms with van der Waals surface area (Å²) in [6, 6.07) is 9.94. The van der Waals surface area contributed by atoms with Crippen LogP contribution in [0.5, 0.6) is 5.75 Å². The number of carbonyl (C=O) groups is 2. The van der Waals surface area contributed by atoms with Crippen LogP contribution in [-0.4, -0.2) is 62.7 Å². The average Bonchev–Trinajstić information content (AvgIpc) is 2.75. The van der Waals surface area contributed by atoms with Crippen LogP contribution in [0.25, 0.3) is 0 Å². The molecule has 9 heteroatoms. The maximum absolute atomic E-state index is 12.6. The van der Waals surface area contributed by atoms with Crippen LogP contribution >= 0.6 is 23.2 Å². The van der Waals surface area contributed by atoms with E-state index in [4.69, 9.17) is 32.7 Å². The zero-order chi connectivity index (χ0) is 21.1. The van der Waals surface area contributed by atoms with Gasteiger partial charge in [-0.3, -0.25) is 14.5 Å². The number of morpholine rings is 1. The molecular weight excluding hydrogens is 429 g/mol. The number of halogens is 2. The Hall–Kier alpha value is -2.32. The number of ether oxygens (including phenoxy) is 2. The fourth-order valence-corrected chi connectivity index (χ4v) is 3.73. The first-order valence-electron chi connectivity index (χ1n) is 9.65. The van der Waals surface area contributed by atoms with Crippen LogP contribution < -0.4 is 15.0 Å². The standard InChI is InChI=1S/C21H21Cl2N3O4/c22-16-3-1-14(11-17(16)23)21(28)24-15-2-4-19-18(12-15)26(20(27)13-30-19)6-5-25-7-9-29-10-8-25/h1-4,11-12H,5-10,13H2,(H,24,28). The van der Waals surface area contributed by atoms with E-state index in [2.05, 4.69) is 10.2 Å². The van der Waals surface area contributed by atoms with E-state index in [1.807, 2.05) is 0 Å². The monoisotopic (exact) mass is 449 g/mol. The van der Waals surface area contributed by atoms with Gasteiger partial charge in [0.2, 0.25) is 0 Å². The molecule has 1 N–H and O–H groups in total. The van der Waals surface area contributed by atoms with E-state index in [-0.39, 0.29) is 18.4 Å². The molecule has 30 heavy (non-hydrogen) atoms. The Balaban J connectivity index is 1.50. The Labute approximate surface area is 184 Å². The van der Waals surface area contributed by atoms with Crippen LogP contribution in [0.2, 0.25) is 10.0 Å². The molecule has 1 saturated heterocycles. The second kappa shape index (κ2) is 9.22. The van der Waals surface area contributed by atoms with Crippen molar-refractivity contribution >= 4 is 46.4 Å². The van der Waals surface area contributed by atoms with E-state index in [9.17, 15) is 9.59 Å². The van der Waals surface area contributed by atoms with Crippen molar-refractivity contribution in [1.29, 1.82) is 0 Å². The Morgan fingerprint density at radius 3 is 2.60 bits per heavy atom. The van der Waals surface area contributed by atoms with Gasteiger partial charge in [0.15, 0.2) is 6.61 Å². The van der Waals surface area contributed by atoms with Crippen molar-refractivity contribution < 1.29 is 19.1 Å². The lowest BCUT2D eigenvalue weighted by Crippen LogP contribution is -2.45. The molecule has 4 rings (SSSR count). The number of hydrogen-bond donors (Lipinski definition) is 1. The summed E-state index contributed by atoms with van der Waals surface area (Å²) in [6.07, 6.45) is 0. The van der Waals surface area contributed by atoms with Gasteiger partial charge in [0.1, 0.15) is 5.75 Å². The van der Waals surface area contributed by atoms with E-state index < -0.39 is 0 Å². The van der Waals surface area contributed by atoms with Crippen LogP contribution in [0.15, 0.2) is 36.4 Å². The summed E-state index contributed by atoms with van der Waals surface area (Å²) < 4.78 is 10.9. The van der Waals surface area contributed by atoms with Crippen molar-refractivity contribution in [2.75, 3.05) is 56.2 Å². The first kappa shape index (κ1) is 20.9. The molecule has 2 aliphatic rings. The largest absolute Gasteiger partial charge is 0.482 e. The summed E-state index contributed by atoms with van der Waals surface area (Å²) in [4.78, 5) is 29.1. The Kier molecular flexibility index (Phi) is 6.43. The maximum Gasteiger partial charge on any atom is 0.265 e. The number of nitrogens with one attached hydrogen (secondary N) is 1. The first-order valence-corrected chi connectivity index (χ1v) is 10.4. The lowest BCUT2D eigenvalue weighted by molar-refractivity contribution is -0.121. The Bertz CT molecular complexity index is 963. The fourth-order valence-electron chi connectivity index (χ4n) is 3.43. The zero-order valence-corrected chi connectivity index (χ0v) is 17.7. The molecule has 0 aromatic heterocycles. The van der Waals surface area contributed by atoms with Gasteiger partial charge < -0.3 is 19.7 Å². The van der Waals surface area contributed by atoms with E-state index in [0.29, 0.717) is 52.5 Å². The molecule has 2 aliphatic heterocycles. The number of rotatable bonds is 5. The highest BCUT2D eigenvalue weighted by Crippen LogP contribution is 2.34. The summed E-state index contributed by atoms with van der Waals surface area (Å²) in [5.41, 5.74) is 1.59. The topological polar surface area (TPSA) is 71.1 Å². The molecule has 2 aromatic rings. The van der Waals surface area contributed by atoms with Crippen LogP contribution in [-0.2, 0) is 9.53 Å². The number of carbonyl (C=O) groups excluding carboxylic acids is 2. The van der Waals surface area contributed by atoms with Crippen LogP contribution in [0, 0.1) is 0 Å². The summed E-state index contributed by atoms with van der Waals surface area (Å²) in [5.74, 6) is 0.185. The van der Waals surface area contributed by atoms with Crippen LogP contribution in [0.3, 0.4) is 0 Å². The summed E-state index contributed by atoms with van der Waals surface area (Å²) in [5, 5.41) is 3.53. The molecule has 0 spiro atoms. The minimum Gasteiger partial charge on any atom is -0.482 e. The van der Waals surface area contributed by atoms with Gasteiger partial charge in [-0.2, -0.15) is 0 Å². The van der Waals surface area contributed by atoms with Crippen LogP contribution in [0.1, 0.15) is 10.4 Å². The normalized spacial score (nSPS) is 16.7. The predicted molar refractivity (Wildman–Crippen MR) is 116 cm³/mol. The van der Waals surface area contributed by atoms with Crippen molar-refractivity contribution in [3.05, 3.63) is 52.0 Å². The van der Waals surface area contributed by atoms with Gasteiger partial charge in [-0.25, -0.2) is 0 Å². The molecule has 0 saturated carbocycles. The lowest BCUT2D eigenvalue weighted by Gasteiger charge is -2.33. The Morgan fingerprint density at radius 1 is 1.03 bits per heavy atom. The van der Waals surface area contributed by atoms with Gasteiger partial charge in [-0.15, -0.1) is 0 Å². The molecule has 2 amide bonds. The zero-order valence-electron chi connectivity index (χ0n) is 16.2. The highest BCUT2D eigenvalue weighted by Gasteiger charge is 2.26. The summed E-state index contributed by atoms with van der Waals surface area (Å²) in [7, 11) is 0. The smallest absolute Gasteiger partial charge is 0.265 e. The van der Waals surface area contributed by atoms with Crippen molar-refractivity contribution in [1.82, 2.24) is 4.90 Å². The van der Waals surface area contributed by atoms with Crippen molar-refractivity contribution in [2.24, 2.45) is 0 Å². The van der Waals surface area contributed by atoms with Gasteiger partial charge in [-0.1, -0.05) is 23.2 Å². The van der Waals surface area contributed by atoms with Crippen molar-refractivity contribution in [3.63, 3.8) is 0 Å². The number of fused-ring (bicyclic) bond motifs is 1. The third kappa shape index (κ3) is 4.70. The van der Waals surface area contributed by atoms with Gasteiger partial charge in [0.25, 0.3) is 11.8 Å². The van der Waals surface area contributed by atoms with E-state index >= 15 is 0 Å². The molecular formula is C21H21Cl2N3O4. The Morgan fingerprint density at radius 2 is 1.83 bits per heavy atom. The fraction of sp³-hybridized carbons (Fsp3) is 0.333. The number of nitrogens with zero attached hydrogens (tertiary/aromatic N) is 2. The molecule has 2 heterocycles. The SMILES string of the molecule is O=C(Nc1ccc2c(c1)N(CCN1CCOCC1)C(=O)CO2)c1ccc(Cl)c(Cl)c1. The van der Waals surface area contributed by atoms with Crippen LogP contribution in [0.4, 0.5) is 11.4 Å². The number of benzene rings is 2. The minimum atomic E-state index is -0.323. The molecule has 0 aliphatic carbocycles. The second-order valence-corrected chi connectivity index (χ2v) is 7.87. The molecule has 0 unspecified atom stereocenters. The number of anilines is 2. The molecule has 2 aromatic carbocycles. The molecule has 0 atom stereocenters. The third-order valence-electron chi connectivity index (χ3n) is 5.09. The van der Waals surface area contributed by atoms with Crippen molar-refractivity contribution in [3.8, 4) is 5.75 Å². The van der Waals surface area contributed by atoms with E-state index in [1.165, 1.54) is 6.07 Å². The molecule has 0 radical (unpaired) electrons. The van der Waals surface area contributed by atoms with Crippen molar-refractivity contribution in [2.45, 2.75) is 0 Å². The number of hydrogen-bond acceptors (Lipinski definition) is 5. The van der Waals surface area contributed by atoms with E-state index in [0.717, 1.165) is 19.6 Å². The molecule has 0 bridgehead atoms. The predicted octanol–water partition coefficient (Wildman–Crippen LogP) is 3.30. The molecule has 158 valence electrons. The lowest BCUT2D eigenvalue weighted by atomic mass is 10.1. The average molecular weight is 450 g/mol. The highest BCUT2D eigenvalue weighted by molar-refractivity contribution is 6.42. The summed E-state index contributed by atoms with van der Waals surface area (Å²) in [6.45, 7) is 4.41.